The van der Waals surface area contributed by atoms with Gasteiger partial charge >= 0.3 is 6.18 Å². The lowest BCUT2D eigenvalue weighted by atomic mass is 9.92. The van der Waals surface area contributed by atoms with Crippen LogP contribution < -0.4 is 10.2 Å². The molecule has 3 aromatic rings. The van der Waals surface area contributed by atoms with Crippen molar-refractivity contribution in [3.8, 4) is 0 Å². The van der Waals surface area contributed by atoms with Crippen LogP contribution in [0.1, 0.15) is 31.2 Å². The first-order valence-corrected chi connectivity index (χ1v) is 14.4. The SMILES string of the molecule is O=C(CO[C@H]1CC[C@H](Nc2ccc([N+](=O)[O-])c(C(F)(F)F)c2)CC1)N1CCN(c2ccc3cc(Br)ccc3c2F)CC1. The van der Waals surface area contributed by atoms with Gasteiger partial charge in [-0.1, -0.05) is 28.1 Å². The van der Waals surface area contributed by atoms with Crippen LogP contribution in [0.4, 0.5) is 34.6 Å². The van der Waals surface area contributed by atoms with Crippen molar-refractivity contribution >= 4 is 49.7 Å². The van der Waals surface area contributed by atoms with E-state index in [4.69, 9.17) is 4.74 Å². The van der Waals surface area contributed by atoms with Gasteiger partial charge in [-0.15, -0.1) is 0 Å². The fourth-order valence-corrected chi connectivity index (χ4v) is 5.97. The van der Waals surface area contributed by atoms with Gasteiger partial charge in [0.15, 0.2) is 5.82 Å². The van der Waals surface area contributed by atoms with E-state index in [2.05, 4.69) is 21.2 Å². The molecular formula is C29H29BrF4N4O4. The molecular weight excluding hydrogens is 624 g/mol. The molecule has 1 aliphatic heterocycles. The molecule has 0 bridgehead atoms. The molecule has 1 heterocycles. The monoisotopic (exact) mass is 652 g/mol. The highest BCUT2D eigenvalue weighted by atomic mass is 79.9. The molecule has 1 saturated heterocycles. The van der Waals surface area contributed by atoms with Crippen LogP contribution in [0.15, 0.2) is 53.0 Å². The second-order valence-corrected chi connectivity index (χ2v) is 11.5. The summed E-state index contributed by atoms with van der Waals surface area (Å²) in [6, 6.07) is 11.9. The summed E-state index contributed by atoms with van der Waals surface area (Å²) in [7, 11) is 0. The minimum absolute atomic E-state index is 0.0702. The highest BCUT2D eigenvalue weighted by Crippen LogP contribution is 2.38. The number of amides is 1. The normalized spacial score (nSPS) is 19.6. The number of rotatable bonds is 7. The summed E-state index contributed by atoms with van der Waals surface area (Å²) >= 11 is 3.41. The molecule has 224 valence electrons. The molecule has 3 aromatic carbocycles. The third-order valence-electron chi connectivity index (χ3n) is 7.85. The second-order valence-electron chi connectivity index (χ2n) is 10.5. The van der Waals surface area contributed by atoms with Gasteiger partial charge in [-0.05, 0) is 61.4 Å². The Hall–Kier alpha value is -3.45. The number of piperazine rings is 1. The van der Waals surface area contributed by atoms with Gasteiger partial charge in [0.2, 0.25) is 5.91 Å². The first-order valence-electron chi connectivity index (χ1n) is 13.6. The average molecular weight is 653 g/mol. The van der Waals surface area contributed by atoms with Crippen LogP contribution in [0, 0.1) is 15.9 Å². The smallest absolute Gasteiger partial charge is 0.382 e. The van der Waals surface area contributed by atoms with Crippen molar-refractivity contribution in [1.82, 2.24) is 4.90 Å². The number of halogens is 5. The number of hydrogen-bond donors (Lipinski definition) is 1. The predicted molar refractivity (Wildman–Crippen MR) is 154 cm³/mol. The maximum Gasteiger partial charge on any atom is 0.423 e. The van der Waals surface area contributed by atoms with Crippen LogP contribution in [0.5, 0.6) is 0 Å². The minimum Gasteiger partial charge on any atom is -0.382 e. The Labute approximate surface area is 247 Å². The highest BCUT2D eigenvalue weighted by molar-refractivity contribution is 9.10. The molecule has 0 aromatic heterocycles. The number of ether oxygens (including phenoxy) is 1. The number of carbonyl (C=O) groups is 1. The standard InChI is InChI=1S/C29H29BrF4N4O4/c30-19-2-8-23-18(15-19)1-9-26(28(23)31)36-11-13-37(14-12-36)27(39)17-42-22-6-3-20(4-7-22)35-21-5-10-25(38(40)41)24(16-21)29(32,33)34/h1-2,5,8-10,15-16,20,22,35H,3-4,6-7,11-14,17H2/t20-,22-. The van der Waals surface area contributed by atoms with Gasteiger partial charge in [0.05, 0.1) is 16.7 Å². The number of nitrogens with one attached hydrogen (secondary N) is 1. The van der Waals surface area contributed by atoms with Crippen molar-refractivity contribution in [3.63, 3.8) is 0 Å². The van der Waals surface area contributed by atoms with E-state index >= 15 is 4.39 Å². The first kappa shape index (κ1) is 30.0. The van der Waals surface area contributed by atoms with Crippen LogP contribution in [0.25, 0.3) is 10.8 Å². The number of nitro benzene ring substituents is 1. The van der Waals surface area contributed by atoms with Gasteiger partial charge in [0.25, 0.3) is 5.69 Å². The van der Waals surface area contributed by atoms with E-state index in [0.717, 1.165) is 22.0 Å². The number of carbonyl (C=O) groups excluding carboxylic acids is 1. The van der Waals surface area contributed by atoms with E-state index in [0.29, 0.717) is 62.9 Å². The maximum absolute atomic E-state index is 15.2. The fourth-order valence-electron chi connectivity index (χ4n) is 5.59. The van der Waals surface area contributed by atoms with E-state index in [1.807, 2.05) is 17.0 Å². The summed E-state index contributed by atoms with van der Waals surface area (Å²) in [5, 5.41) is 15.4. The van der Waals surface area contributed by atoms with Crippen molar-refractivity contribution < 1.29 is 32.0 Å². The van der Waals surface area contributed by atoms with Crippen molar-refractivity contribution in [2.24, 2.45) is 0 Å². The van der Waals surface area contributed by atoms with Gasteiger partial charge in [0.1, 0.15) is 12.2 Å². The second kappa shape index (κ2) is 12.4. The Balaban J connectivity index is 1.07. The van der Waals surface area contributed by atoms with Crippen LogP contribution in [0.2, 0.25) is 0 Å². The highest BCUT2D eigenvalue weighted by Gasteiger charge is 2.38. The van der Waals surface area contributed by atoms with E-state index in [9.17, 15) is 28.1 Å². The van der Waals surface area contributed by atoms with Crippen LogP contribution in [0.3, 0.4) is 0 Å². The first-order chi connectivity index (χ1) is 20.0. The molecule has 0 spiro atoms. The summed E-state index contributed by atoms with van der Waals surface area (Å²) < 4.78 is 61.8. The van der Waals surface area contributed by atoms with Crippen LogP contribution >= 0.6 is 15.9 Å². The summed E-state index contributed by atoms with van der Waals surface area (Å²) in [5.41, 5.74) is -1.58. The van der Waals surface area contributed by atoms with Crippen molar-refractivity contribution in [1.29, 1.82) is 0 Å². The maximum atomic E-state index is 15.2. The Morgan fingerprint density at radius 1 is 1.02 bits per heavy atom. The number of nitrogens with zero attached hydrogens (tertiary/aromatic N) is 3. The molecule has 42 heavy (non-hydrogen) atoms. The Morgan fingerprint density at radius 3 is 2.40 bits per heavy atom. The molecule has 1 N–H and O–H groups in total. The number of nitro groups is 1. The quantitative estimate of drug-likeness (QED) is 0.172. The molecule has 2 aliphatic rings. The van der Waals surface area contributed by atoms with Crippen molar-refractivity contribution in [3.05, 3.63) is 74.5 Å². The lowest BCUT2D eigenvalue weighted by Gasteiger charge is -2.36. The summed E-state index contributed by atoms with van der Waals surface area (Å²) in [4.78, 5) is 26.4. The molecule has 5 rings (SSSR count). The van der Waals surface area contributed by atoms with Gasteiger partial charge in [-0.25, -0.2) is 4.39 Å². The number of anilines is 2. The van der Waals surface area contributed by atoms with E-state index in [1.165, 1.54) is 6.07 Å². The third kappa shape index (κ3) is 6.78. The van der Waals surface area contributed by atoms with Crippen LogP contribution in [-0.4, -0.2) is 60.7 Å². The van der Waals surface area contributed by atoms with E-state index < -0.39 is 22.4 Å². The number of fused-ring (bicyclic) bond motifs is 1. The molecule has 1 aliphatic carbocycles. The van der Waals surface area contributed by atoms with Gasteiger partial charge in [-0.2, -0.15) is 13.2 Å². The summed E-state index contributed by atoms with van der Waals surface area (Å²) in [6.45, 7) is 1.83. The lowest BCUT2D eigenvalue weighted by molar-refractivity contribution is -0.388. The van der Waals surface area contributed by atoms with Gasteiger partial charge < -0.3 is 19.9 Å². The summed E-state index contributed by atoms with van der Waals surface area (Å²) in [6.07, 6.45) is -2.52. The lowest BCUT2D eigenvalue weighted by Crippen LogP contribution is -2.50. The number of benzene rings is 3. The average Bonchev–Trinajstić information content (AvgIpc) is 2.96. The Kier molecular flexibility index (Phi) is 8.88. The largest absolute Gasteiger partial charge is 0.423 e. The minimum atomic E-state index is -4.84. The summed E-state index contributed by atoms with van der Waals surface area (Å²) in [5.74, 6) is -0.410. The molecule has 8 nitrogen and oxygen atoms in total. The number of hydrogen-bond acceptors (Lipinski definition) is 6. The predicted octanol–water partition coefficient (Wildman–Crippen LogP) is 6.76. The van der Waals surface area contributed by atoms with Gasteiger partial charge in [-0.3, -0.25) is 14.9 Å². The Bertz CT molecular complexity index is 1470. The van der Waals surface area contributed by atoms with E-state index in [-0.39, 0.29) is 36.2 Å². The molecule has 0 unspecified atom stereocenters. The zero-order valence-electron chi connectivity index (χ0n) is 22.5. The van der Waals surface area contributed by atoms with Crippen molar-refractivity contribution in [2.75, 3.05) is 43.0 Å². The van der Waals surface area contributed by atoms with Crippen LogP contribution in [-0.2, 0) is 15.7 Å². The topological polar surface area (TPSA) is 87.9 Å². The molecule has 1 amide bonds. The molecule has 0 radical (unpaired) electrons. The molecule has 2 fully saturated rings. The fraction of sp³-hybridized carbons (Fsp3) is 0.414. The van der Waals surface area contributed by atoms with Gasteiger partial charge in [0, 0.05) is 53.8 Å². The zero-order valence-corrected chi connectivity index (χ0v) is 24.1. The number of alkyl halides is 3. The molecule has 1 saturated carbocycles. The third-order valence-corrected chi connectivity index (χ3v) is 8.35. The molecule has 13 heteroatoms. The van der Waals surface area contributed by atoms with Crippen molar-refractivity contribution in [2.45, 2.75) is 44.0 Å². The van der Waals surface area contributed by atoms with E-state index in [1.54, 1.807) is 23.1 Å². The Morgan fingerprint density at radius 2 is 1.74 bits per heavy atom. The zero-order chi connectivity index (χ0) is 30.0. The molecule has 0 atom stereocenters.